The molecule has 2 aromatic heterocycles. The summed E-state index contributed by atoms with van der Waals surface area (Å²) in [5.74, 6) is -1.55. The standard InChI is InChI=1S/C29H40F3N5O4/c1-28(2,3)41-19-18-37(16-5-4-9-21-12-11-20-8-6-15-34-25(20)35-21)17-13-23(27(39)40)36-26(38)24-22(29(30,31)32)10-7-14-33-24/h7,10-12,14,23H,4-6,8-9,13,15-19H2,1-3H3,(H,34,35)(H,36,38)(H,39,40). The number of hydrogen-bond acceptors (Lipinski definition) is 7. The number of unbranched alkanes of at least 4 members (excludes halogenated alkanes) is 1. The van der Waals surface area contributed by atoms with E-state index in [4.69, 9.17) is 9.72 Å². The quantitative estimate of drug-likeness (QED) is 0.279. The van der Waals surface area contributed by atoms with Crippen molar-refractivity contribution in [2.45, 2.75) is 77.1 Å². The molecule has 0 aromatic carbocycles. The van der Waals surface area contributed by atoms with Gasteiger partial charge in [0.05, 0.1) is 17.8 Å². The van der Waals surface area contributed by atoms with Crippen LogP contribution in [0.2, 0.25) is 0 Å². The summed E-state index contributed by atoms with van der Waals surface area (Å²) < 4.78 is 45.8. The van der Waals surface area contributed by atoms with Gasteiger partial charge in [0.2, 0.25) is 0 Å². The second-order valence-corrected chi connectivity index (χ2v) is 11.2. The van der Waals surface area contributed by atoms with Crippen LogP contribution in [0, 0.1) is 0 Å². The fourth-order valence-corrected chi connectivity index (χ4v) is 4.58. The summed E-state index contributed by atoms with van der Waals surface area (Å²) in [6, 6.07) is 4.62. The zero-order valence-corrected chi connectivity index (χ0v) is 23.9. The van der Waals surface area contributed by atoms with Gasteiger partial charge in [-0.1, -0.05) is 6.07 Å². The van der Waals surface area contributed by atoms with Gasteiger partial charge in [-0.25, -0.2) is 9.78 Å². The number of carbonyl (C=O) groups excluding carboxylic acids is 1. The third kappa shape index (κ3) is 10.6. The second-order valence-electron chi connectivity index (χ2n) is 11.2. The summed E-state index contributed by atoms with van der Waals surface area (Å²) in [5.41, 5.74) is -0.154. The molecule has 3 N–H and O–H groups in total. The Morgan fingerprint density at radius 2 is 1.93 bits per heavy atom. The van der Waals surface area contributed by atoms with Crippen molar-refractivity contribution in [1.82, 2.24) is 20.2 Å². The molecule has 1 aliphatic heterocycles. The van der Waals surface area contributed by atoms with Gasteiger partial charge in [0.15, 0.2) is 0 Å². The number of carbonyl (C=O) groups is 2. The van der Waals surface area contributed by atoms with Gasteiger partial charge in [-0.2, -0.15) is 13.2 Å². The van der Waals surface area contributed by atoms with Crippen LogP contribution >= 0.6 is 0 Å². The highest BCUT2D eigenvalue weighted by Crippen LogP contribution is 2.31. The van der Waals surface area contributed by atoms with E-state index in [1.165, 1.54) is 5.56 Å². The lowest BCUT2D eigenvalue weighted by atomic mass is 10.1. The minimum Gasteiger partial charge on any atom is -0.480 e. The predicted octanol–water partition coefficient (Wildman–Crippen LogP) is 4.57. The van der Waals surface area contributed by atoms with Crippen molar-refractivity contribution < 1.29 is 32.6 Å². The number of ether oxygens (including phenoxy) is 1. The zero-order chi connectivity index (χ0) is 30.0. The van der Waals surface area contributed by atoms with Crippen molar-refractivity contribution in [2.24, 2.45) is 0 Å². The lowest BCUT2D eigenvalue weighted by Gasteiger charge is -2.27. The molecule has 0 fully saturated rings. The van der Waals surface area contributed by atoms with E-state index in [-0.39, 0.29) is 12.0 Å². The number of carboxylic acids is 1. The number of amides is 1. The van der Waals surface area contributed by atoms with Crippen LogP contribution in [0.15, 0.2) is 30.5 Å². The number of nitrogens with one attached hydrogen (secondary N) is 2. The van der Waals surface area contributed by atoms with Crippen molar-refractivity contribution in [1.29, 1.82) is 0 Å². The van der Waals surface area contributed by atoms with Gasteiger partial charge in [0, 0.05) is 31.5 Å². The normalized spacial score (nSPS) is 14.3. The van der Waals surface area contributed by atoms with Crippen molar-refractivity contribution in [2.75, 3.05) is 38.1 Å². The number of rotatable bonds is 14. The number of aryl methyl sites for hydroxylation is 2. The van der Waals surface area contributed by atoms with Gasteiger partial charge in [-0.05, 0) is 89.6 Å². The summed E-state index contributed by atoms with van der Waals surface area (Å²) >= 11 is 0. The van der Waals surface area contributed by atoms with Gasteiger partial charge in [-0.15, -0.1) is 0 Å². The van der Waals surface area contributed by atoms with Crippen LogP contribution in [0.1, 0.15) is 73.8 Å². The minimum absolute atomic E-state index is 0.00280. The largest absolute Gasteiger partial charge is 0.480 e. The smallest absolute Gasteiger partial charge is 0.418 e. The summed E-state index contributed by atoms with van der Waals surface area (Å²) in [5, 5.41) is 15.3. The highest BCUT2D eigenvalue weighted by molar-refractivity contribution is 5.96. The number of fused-ring (bicyclic) bond motifs is 1. The molecule has 226 valence electrons. The molecule has 0 aliphatic carbocycles. The molecule has 2 aromatic rings. The second kappa shape index (κ2) is 14.6. The van der Waals surface area contributed by atoms with Crippen LogP contribution < -0.4 is 10.6 Å². The Balaban J connectivity index is 1.57. The first-order chi connectivity index (χ1) is 19.3. The summed E-state index contributed by atoms with van der Waals surface area (Å²) in [6.07, 6.45) is 0.915. The van der Waals surface area contributed by atoms with E-state index in [0.717, 1.165) is 68.5 Å². The third-order valence-corrected chi connectivity index (χ3v) is 6.72. The number of aromatic nitrogens is 2. The third-order valence-electron chi connectivity index (χ3n) is 6.72. The average molecular weight is 580 g/mol. The number of halogens is 3. The molecular formula is C29H40F3N5O4. The SMILES string of the molecule is CC(C)(C)OCCN(CCCCc1ccc2c(n1)NCCC2)CCC(NC(=O)c1ncccc1C(F)(F)F)C(=O)O. The Hall–Kier alpha value is -3.25. The summed E-state index contributed by atoms with van der Waals surface area (Å²) in [4.78, 5) is 34.9. The van der Waals surface area contributed by atoms with Crippen LogP contribution in [0.3, 0.4) is 0 Å². The van der Waals surface area contributed by atoms with Gasteiger partial charge in [0.25, 0.3) is 5.91 Å². The Kier molecular flexibility index (Phi) is 11.5. The number of anilines is 1. The van der Waals surface area contributed by atoms with Crippen molar-refractivity contribution in [3.8, 4) is 0 Å². The first kappa shape index (κ1) is 32.3. The van der Waals surface area contributed by atoms with Gasteiger partial charge >= 0.3 is 12.1 Å². The van der Waals surface area contributed by atoms with Crippen molar-refractivity contribution in [3.63, 3.8) is 0 Å². The van der Waals surface area contributed by atoms with Crippen LogP contribution in [0.5, 0.6) is 0 Å². The Labute approximate surface area is 238 Å². The Bertz CT molecular complexity index is 1170. The number of alkyl halides is 3. The van der Waals surface area contributed by atoms with Crippen LogP contribution in [-0.2, 0) is 28.5 Å². The molecule has 41 heavy (non-hydrogen) atoms. The number of aliphatic carboxylic acids is 1. The van der Waals surface area contributed by atoms with Gasteiger partial charge in [-0.3, -0.25) is 9.78 Å². The monoisotopic (exact) mass is 579 g/mol. The van der Waals surface area contributed by atoms with Crippen LogP contribution in [0.4, 0.5) is 19.0 Å². The first-order valence-corrected chi connectivity index (χ1v) is 14.0. The molecule has 0 spiro atoms. The van der Waals surface area contributed by atoms with Crippen LogP contribution in [-0.4, -0.2) is 76.3 Å². The van der Waals surface area contributed by atoms with Crippen molar-refractivity contribution in [3.05, 3.63) is 53.0 Å². The lowest BCUT2D eigenvalue weighted by Crippen LogP contribution is -2.44. The molecule has 9 nitrogen and oxygen atoms in total. The van der Waals surface area contributed by atoms with Crippen LogP contribution in [0.25, 0.3) is 0 Å². The van der Waals surface area contributed by atoms with E-state index in [2.05, 4.69) is 32.7 Å². The number of carboxylic acid groups (broad SMARTS) is 1. The van der Waals surface area contributed by atoms with Crippen molar-refractivity contribution >= 4 is 17.7 Å². The fraction of sp³-hybridized carbons (Fsp3) is 0.586. The molecule has 3 heterocycles. The fourth-order valence-electron chi connectivity index (χ4n) is 4.58. The molecule has 1 aliphatic rings. The lowest BCUT2D eigenvalue weighted by molar-refractivity contribution is -0.139. The van der Waals surface area contributed by atoms with E-state index < -0.39 is 35.4 Å². The number of hydrogen-bond donors (Lipinski definition) is 3. The molecule has 3 rings (SSSR count). The zero-order valence-electron chi connectivity index (χ0n) is 23.9. The maximum atomic E-state index is 13.3. The average Bonchev–Trinajstić information content (AvgIpc) is 2.91. The van der Waals surface area contributed by atoms with Gasteiger partial charge < -0.3 is 25.4 Å². The molecule has 0 saturated heterocycles. The molecule has 0 radical (unpaired) electrons. The molecule has 12 heteroatoms. The molecule has 0 saturated carbocycles. The maximum Gasteiger partial charge on any atom is 0.418 e. The molecule has 0 bridgehead atoms. The summed E-state index contributed by atoms with van der Waals surface area (Å²) in [7, 11) is 0. The van der Waals surface area contributed by atoms with E-state index in [9.17, 15) is 27.9 Å². The topological polar surface area (TPSA) is 117 Å². The Morgan fingerprint density at radius 3 is 2.63 bits per heavy atom. The highest BCUT2D eigenvalue weighted by atomic mass is 19.4. The van der Waals surface area contributed by atoms with Gasteiger partial charge in [0.1, 0.15) is 17.6 Å². The summed E-state index contributed by atoms with van der Waals surface area (Å²) in [6.45, 7) is 8.70. The first-order valence-electron chi connectivity index (χ1n) is 14.0. The molecule has 1 amide bonds. The van der Waals surface area contributed by atoms with E-state index >= 15 is 0 Å². The minimum atomic E-state index is -4.80. The molecule has 1 atom stereocenters. The Morgan fingerprint density at radius 1 is 1.15 bits per heavy atom. The predicted molar refractivity (Wildman–Crippen MR) is 149 cm³/mol. The van der Waals surface area contributed by atoms with E-state index in [0.29, 0.717) is 26.2 Å². The number of pyridine rings is 2. The molecule has 1 unspecified atom stereocenters. The highest BCUT2D eigenvalue weighted by Gasteiger charge is 2.36. The van der Waals surface area contributed by atoms with E-state index in [1.807, 2.05) is 20.8 Å². The maximum absolute atomic E-state index is 13.3. The number of nitrogens with zero attached hydrogens (tertiary/aromatic N) is 3. The van der Waals surface area contributed by atoms with E-state index in [1.54, 1.807) is 0 Å². The molecular weight excluding hydrogens is 539 g/mol.